The van der Waals surface area contributed by atoms with Gasteiger partial charge in [-0.05, 0) is 61.6 Å². The zero-order valence-electron chi connectivity index (χ0n) is 16.8. The van der Waals surface area contributed by atoms with Crippen molar-refractivity contribution in [2.75, 3.05) is 31.1 Å². The lowest BCUT2D eigenvalue weighted by atomic mass is 10.1. The molecule has 6 heteroatoms. The fourth-order valence-corrected chi connectivity index (χ4v) is 4.36. The molecule has 1 aromatic heterocycles. The number of carbonyl (C=O) groups is 1. The predicted octanol–water partition coefficient (Wildman–Crippen LogP) is 2.99. The summed E-state index contributed by atoms with van der Waals surface area (Å²) in [6, 6.07) is 13.7. The van der Waals surface area contributed by atoms with Crippen LogP contribution in [-0.2, 0) is 0 Å². The monoisotopic (exact) mass is 400 g/mol. The van der Waals surface area contributed by atoms with Gasteiger partial charge in [0, 0.05) is 50.0 Å². The fourth-order valence-electron chi connectivity index (χ4n) is 4.36. The molecule has 1 saturated carbocycles. The van der Waals surface area contributed by atoms with E-state index in [1.807, 2.05) is 24.3 Å². The molecule has 0 bridgehead atoms. The largest absolute Gasteiger partial charge is 0.478 e. The van der Waals surface area contributed by atoms with Gasteiger partial charge in [-0.3, -0.25) is 4.90 Å². The number of aromatic carboxylic acids is 1. The molecule has 0 radical (unpaired) electrons. The molecule has 2 aliphatic rings. The minimum atomic E-state index is -0.989. The van der Waals surface area contributed by atoms with E-state index in [9.17, 15) is 9.90 Å². The van der Waals surface area contributed by atoms with Crippen LogP contribution in [-0.4, -0.2) is 53.2 Å². The molecule has 30 heavy (non-hydrogen) atoms. The molecule has 1 aliphatic heterocycles. The van der Waals surface area contributed by atoms with Crippen molar-refractivity contribution >= 4 is 11.7 Å². The van der Waals surface area contributed by atoms with Crippen LogP contribution < -0.4 is 4.90 Å². The van der Waals surface area contributed by atoms with Crippen LogP contribution in [0.4, 0.5) is 5.69 Å². The van der Waals surface area contributed by atoms with Gasteiger partial charge in [0.25, 0.3) is 0 Å². The van der Waals surface area contributed by atoms with Gasteiger partial charge in [-0.15, -0.1) is 0 Å². The number of hydrogen-bond donors (Lipinski definition) is 1. The maximum absolute atomic E-state index is 11.3. The van der Waals surface area contributed by atoms with E-state index < -0.39 is 5.97 Å². The van der Waals surface area contributed by atoms with E-state index >= 15 is 0 Å². The molecular formula is C24H24N4O2. The van der Waals surface area contributed by atoms with Crippen LogP contribution in [0.2, 0.25) is 0 Å². The lowest BCUT2D eigenvalue weighted by Gasteiger charge is -2.39. The number of carboxylic acid groups (broad SMARTS) is 1. The van der Waals surface area contributed by atoms with Gasteiger partial charge >= 0.3 is 5.97 Å². The first-order valence-electron chi connectivity index (χ1n) is 10.3. The minimum absolute atomic E-state index is 0.165. The lowest BCUT2D eigenvalue weighted by molar-refractivity contribution is 0.0696. The van der Waals surface area contributed by atoms with Gasteiger partial charge in [0.2, 0.25) is 0 Å². The maximum Gasteiger partial charge on any atom is 0.338 e. The molecule has 152 valence electrons. The van der Waals surface area contributed by atoms with E-state index in [0.29, 0.717) is 17.3 Å². The molecular weight excluding hydrogens is 376 g/mol. The SMILES string of the molecule is N#Cc1ccc(N2CCN([C@@H]3CC[C@@H](C#Cc4ncccc4C(=O)O)C3)CC2)cc1. The van der Waals surface area contributed by atoms with Crippen LogP contribution in [0, 0.1) is 29.1 Å². The summed E-state index contributed by atoms with van der Waals surface area (Å²) < 4.78 is 0. The van der Waals surface area contributed by atoms with Crippen molar-refractivity contribution in [2.24, 2.45) is 5.92 Å². The Kier molecular flexibility index (Phi) is 5.97. The highest BCUT2D eigenvalue weighted by molar-refractivity contribution is 5.89. The summed E-state index contributed by atoms with van der Waals surface area (Å²) in [6.45, 7) is 4.01. The molecule has 2 fully saturated rings. The van der Waals surface area contributed by atoms with Gasteiger partial charge < -0.3 is 10.0 Å². The summed E-state index contributed by atoms with van der Waals surface area (Å²) >= 11 is 0. The number of aromatic nitrogens is 1. The quantitative estimate of drug-likeness (QED) is 0.798. The van der Waals surface area contributed by atoms with E-state index in [2.05, 4.69) is 32.7 Å². The van der Waals surface area contributed by atoms with Gasteiger partial charge in [0.1, 0.15) is 5.69 Å². The van der Waals surface area contributed by atoms with Crippen molar-refractivity contribution in [2.45, 2.75) is 25.3 Å². The number of anilines is 1. The molecule has 0 spiro atoms. The number of rotatable bonds is 3. The van der Waals surface area contributed by atoms with Gasteiger partial charge in [-0.1, -0.05) is 5.92 Å². The zero-order valence-corrected chi connectivity index (χ0v) is 16.8. The Morgan fingerprint density at radius 2 is 1.87 bits per heavy atom. The molecule has 0 amide bonds. The molecule has 1 aromatic carbocycles. The average molecular weight is 400 g/mol. The second-order valence-electron chi connectivity index (χ2n) is 7.82. The van der Waals surface area contributed by atoms with E-state index in [1.165, 1.54) is 5.69 Å². The fraction of sp³-hybridized carbons (Fsp3) is 0.375. The molecule has 1 aliphatic carbocycles. The van der Waals surface area contributed by atoms with Crippen molar-refractivity contribution in [3.8, 4) is 17.9 Å². The number of nitriles is 1. The third-order valence-corrected chi connectivity index (χ3v) is 6.03. The Balaban J connectivity index is 1.32. The Bertz CT molecular complexity index is 1010. The zero-order chi connectivity index (χ0) is 20.9. The van der Waals surface area contributed by atoms with Crippen LogP contribution in [0.15, 0.2) is 42.6 Å². The molecule has 0 unspecified atom stereocenters. The molecule has 2 heterocycles. The Morgan fingerprint density at radius 1 is 1.10 bits per heavy atom. The number of benzene rings is 1. The summed E-state index contributed by atoms with van der Waals surface area (Å²) in [4.78, 5) is 20.4. The third-order valence-electron chi connectivity index (χ3n) is 6.03. The molecule has 2 atom stereocenters. The summed E-state index contributed by atoms with van der Waals surface area (Å²) in [5.74, 6) is 5.57. The molecule has 4 rings (SSSR count). The standard InChI is InChI=1S/C24H24N4O2/c25-17-19-4-7-20(8-5-19)27-12-14-28(15-13-27)21-9-3-18(16-21)6-10-23-22(24(29)30)2-1-11-26-23/h1-2,4-5,7-8,11,18,21H,3,9,12-16H2,(H,29,30)/t18-,21+/m0/s1. The average Bonchev–Trinajstić information content (AvgIpc) is 3.27. The summed E-state index contributed by atoms with van der Waals surface area (Å²) in [6.07, 6.45) is 4.79. The van der Waals surface area contributed by atoms with Gasteiger partial charge in [0.15, 0.2) is 0 Å². The third kappa shape index (κ3) is 4.45. The van der Waals surface area contributed by atoms with Crippen molar-refractivity contribution in [1.29, 1.82) is 5.26 Å². The van der Waals surface area contributed by atoms with Crippen molar-refractivity contribution < 1.29 is 9.90 Å². The van der Waals surface area contributed by atoms with E-state index in [1.54, 1.807) is 18.3 Å². The Labute approximate surface area is 176 Å². The number of hydrogen-bond acceptors (Lipinski definition) is 5. The first-order chi connectivity index (χ1) is 14.6. The van der Waals surface area contributed by atoms with Crippen molar-refractivity contribution in [3.63, 3.8) is 0 Å². The van der Waals surface area contributed by atoms with Gasteiger partial charge in [-0.25, -0.2) is 9.78 Å². The minimum Gasteiger partial charge on any atom is -0.478 e. The highest BCUT2D eigenvalue weighted by atomic mass is 16.4. The molecule has 1 N–H and O–H groups in total. The summed E-state index contributed by atoms with van der Waals surface area (Å²) in [5.41, 5.74) is 2.38. The normalized spacial score (nSPS) is 21.5. The lowest BCUT2D eigenvalue weighted by Crippen LogP contribution is -2.49. The Morgan fingerprint density at radius 3 is 2.57 bits per heavy atom. The highest BCUT2D eigenvalue weighted by Crippen LogP contribution is 2.30. The van der Waals surface area contributed by atoms with Crippen LogP contribution in [0.1, 0.15) is 40.9 Å². The Hall–Kier alpha value is -3.35. The second kappa shape index (κ2) is 8.98. The highest BCUT2D eigenvalue weighted by Gasteiger charge is 2.30. The number of nitrogens with zero attached hydrogens (tertiary/aromatic N) is 4. The topological polar surface area (TPSA) is 80.5 Å². The predicted molar refractivity (Wildman–Crippen MR) is 114 cm³/mol. The molecule has 2 aromatic rings. The summed E-state index contributed by atoms with van der Waals surface area (Å²) in [7, 11) is 0. The van der Waals surface area contributed by atoms with Crippen molar-refractivity contribution in [1.82, 2.24) is 9.88 Å². The maximum atomic E-state index is 11.3. The number of carboxylic acids is 1. The summed E-state index contributed by atoms with van der Waals surface area (Å²) in [5, 5.41) is 18.2. The number of piperazine rings is 1. The first-order valence-corrected chi connectivity index (χ1v) is 10.3. The number of pyridine rings is 1. The van der Waals surface area contributed by atoms with Crippen LogP contribution in [0.25, 0.3) is 0 Å². The van der Waals surface area contributed by atoms with Crippen LogP contribution >= 0.6 is 0 Å². The van der Waals surface area contributed by atoms with Gasteiger partial charge in [-0.2, -0.15) is 5.26 Å². The molecule has 1 saturated heterocycles. The molecule has 6 nitrogen and oxygen atoms in total. The van der Waals surface area contributed by atoms with E-state index in [-0.39, 0.29) is 11.5 Å². The first kappa shape index (κ1) is 19.9. The van der Waals surface area contributed by atoms with Crippen LogP contribution in [0.3, 0.4) is 0 Å². The van der Waals surface area contributed by atoms with E-state index in [4.69, 9.17) is 5.26 Å². The second-order valence-corrected chi connectivity index (χ2v) is 7.82. The van der Waals surface area contributed by atoms with Crippen LogP contribution in [0.5, 0.6) is 0 Å². The van der Waals surface area contributed by atoms with Gasteiger partial charge in [0.05, 0.1) is 17.2 Å². The van der Waals surface area contributed by atoms with E-state index in [0.717, 1.165) is 45.4 Å². The smallest absolute Gasteiger partial charge is 0.338 e. The van der Waals surface area contributed by atoms with Crippen molar-refractivity contribution in [3.05, 3.63) is 59.4 Å².